The first-order valence-corrected chi connectivity index (χ1v) is 9.42. The molecule has 0 aliphatic heterocycles. The van der Waals surface area contributed by atoms with Gasteiger partial charge in [0.05, 0.1) is 0 Å². The van der Waals surface area contributed by atoms with Crippen molar-refractivity contribution in [3.63, 3.8) is 0 Å². The number of ether oxygens (including phenoxy) is 1. The van der Waals surface area contributed by atoms with Gasteiger partial charge in [-0.15, -0.1) is 0 Å². The summed E-state index contributed by atoms with van der Waals surface area (Å²) in [5.74, 6) is 0.396. The number of halogens is 1. The van der Waals surface area contributed by atoms with Gasteiger partial charge in [0, 0.05) is 32.9 Å². The molecule has 0 amide bonds. The molecule has 0 N–H and O–H groups in total. The molecule has 0 heterocycles. The number of hydrogen-bond acceptors (Lipinski definition) is 2. The Labute approximate surface area is 196 Å². The molecule has 0 bridgehead atoms. The van der Waals surface area contributed by atoms with Gasteiger partial charge in [0.1, 0.15) is 12.4 Å². The largest absolute Gasteiger partial charge is 0.999 e. The van der Waals surface area contributed by atoms with Crippen LogP contribution >= 0.6 is 15.9 Å². The summed E-state index contributed by atoms with van der Waals surface area (Å²) in [7, 11) is 0. The first kappa shape index (κ1) is 23.6. The van der Waals surface area contributed by atoms with Gasteiger partial charge >= 0.3 is 0 Å². The number of allylic oxidation sites excluding steroid dienone is 1. The maximum Gasteiger partial charge on any atom is 0.128 e. The van der Waals surface area contributed by atoms with Gasteiger partial charge in [0.15, 0.2) is 0 Å². The molecule has 0 spiro atoms. The van der Waals surface area contributed by atoms with Crippen LogP contribution < -0.4 is 4.74 Å². The van der Waals surface area contributed by atoms with Crippen molar-refractivity contribution < 1.29 is 26.6 Å². The van der Waals surface area contributed by atoms with Crippen molar-refractivity contribution in [1.82, 2.24) is 0 Å². The van der Waals surface area contributed by atoms with Crippen molar-refractivity contribution in [2.24, 2.45) is 0 Å². The molecule has 0 aliphatic carbocycles. The summed E-state index contributed by atoms with van der Waals surface area (Å²) < 4.78 is 6.65. The van der Waals surface area contributed by atoms with Crippen molar-refractivity contribution in [1.29, 1.82) is 0 Å². The van der Waals surface area contributed by atoms with Gasteiger partial charge in [0.25, 0.3) is 0 Å². The molecule has 0 unspecified atom stereocenters. The van der Waals surface area contributed by atoms with E-state index >= 15 is 0 Å². The minimum Gasteiger partial charge on any atom is -0.999 e. The minimum absolute atomic E-state index is 0. The number of rotatable bonds is 6. The molecule has 4 aromatic carbocycles. The summed E-state index contributed by atoms with van der Waals surface area (Å²) in [4.78, 5) is 12.5. The zero-order valence-corrected chi connectivity index (χ0v) is 18.3. The third-order valence-corrected chi connectivity index (χ3v) is 4.15. The fourth-order valence-electron chi connectivity index (χ4n) is 2.30. The van der Waals surface area contributed by atoms with Crippen LogP contribution in [0.4, 0.5) is 0 Å². The molecule has 4 aromatic rings. The summed E-state index contributed by atoms with van der Waals surface area (Å²) in [6.07, 6.45) is 3.11. The average Bonchev–Trinajstić information content (AvgIpc) is 3.48. The van der Waals surface area contributed by atoms with Gasteiger partial charge in [-0.2, -0.15) is 0 Å². The van der Waals surface area contributed by atoms with E-state index in [4.69, 9.17) is 4.74 Å². The van der Waals surface area contributed by atoms with Crippen LogP contribution in [-0.2, 0) is 23.7 Å². The Bertz CT molecular complexity index is 1000. The molecular formula is C26H13BrFeO2-10. The zero-order chi connectivity index (χ0) is 20.3. The van der Waals surface area contributed by atoms with E-state index < -0.39 is 0 Å². The van der Waals surface area contributed by atoms with Crippen LogP contribution in [0.3, 0.4) is 0 Å². The van der Waals surface area contributed by atoms with Crippen LogP contribution in [0.25, 0.3) is 6.08 Å². The van der Waals surface area contributed by atoms with E-state index in [1.807, 2.05) is 36.4 Å². The van der Waals surface area contributed by atoms with Crippen LogP contribution in [0, 0.1) is 48.5 Å². The van der Waals surface area contributed by atoms with E-state index in [0.717, 1.165) is 10.0 Å². The number of carbonyl (C=O) groups excluding carboxylic acids is 1. The normalized spacial score (nSPS) is 10.0. The Morgan fingerprint density at radius 3 is 2.37 bits per heavy atom. The molecule has 0 aliphatic rings. The molecule has 0 aromatic heterocycles. The summed E-state index contributed by atoms with van der Waals surface area (Å²) in [5.41, 5.74) is 2.18. The monoisotopic (exact) mass is 492 g/mol. The molecule has 30 heavy (non-hydrogen) atoms. The molecule has 154 valence electrons. The van der Waals surface area contributed by atoms with Gasteiger partial charge in [0.2, 0.25) is 0 Å². The van der Waals surface area contributed by atoms with E-state index in [0.29, 0.717) is 23.5 Å². The molecular weight excluding hydrogens is 480 g/mol. The zero-order valence-electron chi connectivity index (χ0n) is 15.6. The third kappa shape index (κ3) is 7.64. The molecule has 2 nitrogen and oxygen atoms in total. The third-order valence-electron chi connectivity index (χ3n) is 3.65. The van der Waals surface area contributed by atoms with E-state index in [2.05, 4.69) is 64.5 Å². The smallest absolute Gasteiger partial charge is 0.128 e. The number of carbonyl (C=O) groups is 1. The first-order chi connectivity index (χ1) is 14.2. The van der Waals surface area contributed by atoms with Crippen LogP contribution in [0.5, 0.6) is 5.75 Å². The van der Waals surface area contributed by atoms with Crippen molar-refractivity contribution >= 4 is 27.8 Å². The Kier molecular flexibility index (Phi) is 10.1. The molecule has 0 fully saturated rings. The number of hydrogen-bond donors (Lipinski definition) is 0. The summed E-state index contributed by atoms with van der Waals surface area (Å²) in [6, 6.07) is 38.1. The number of ketones is 1. The Morgan fingerprint density at radius 2 is 1.73 bits per heavy atom. The van der Waals surface area contributed by atoms with E-state index in [9.17, 15) is 4.79 Å². The predicted molar refractivity (Wildman–Crippen MR) is 113 cm³/mol. The van der Waals surface area contributed by atoms with Gasteiger partial charge < -0.3 is 81.8 Å². The summed E-state index contributed by atoms with van der Waals surface area (Å²) in [5, 5.41) is 0. The van der Waals surface area contributed by atoms with Gasteiger partial charge in [-0.3, -0.25) is 0 Å². The maximum atomic E-state index is 12.5. The van der Waals surface area contributed by atoms with Crippen molar-refractivity contribution in [3.8, 4) is 5.75 Å². The van der Waals surface area contributed by atoms with Crippen molar-refractivity contribution in [2.45, 2.75) is 6.61 Å². The molecule has 0 atom stereocenters. The molecule has 0 radical (unpaired) electrons. The van der Waals surface area contributed by atoms with E-state index in [1.54, 1.807) is 24.3 Å². The second-order valence-electron chi connectivity index (χ2n) is 5.71. The molecule has 0 saturated heterocycles. The fourth-order valence-corrected chi connectivity index (χ4v) is 2.66. The van der Waals surface area contributed by atoms with Gasteiger partial charge in [-0.25, -0.2) is 0 Å². The van der Waals surface area contributed by atoms with Crippen LogP contribution in [0.2, 0.25) is 0 Å². The topological polar surface area (TPSA) is 26.3 Å². The maximum absolute atomic E-state index is 12.5. The predicted octanol–water partition coefficient (Wildman–Crippen LogP) is 5.45. The van der Waals surface area contributed by atoms with E-state index in [-0.39, 0.29) is 22.9 Å². The van der Waals surface area contributed by atoms with Gasteiger partial charge in [-0.05, 0) is 23.8 Å². The first-order valence-electron chi connectivity index (χ1n) is 8.63. The van der Waals surface area contributed by atoms with Crippen molar-refractivity contribution in [3.05, 3.63) is 130 Å². The molecule has 4 heteroatoms. The second-order valence-corrected chi connectivity index (χ2v) is 6.62. The second kappa shape index (κ2) is 12.8. The molecule has 4 rings (SSSR count). The van der Waals surface area contributed by atoms with Crippen LogP contribution in [0.15, 0.2) is 65.1 Å². The van der Waals surface area contributed by atoms with Crippen LogP contribution in [0.1, 0.15) is 21.5 Å². The Hall–Kier alpha value is -2.65. The summed E-state index contributed by atoms with van der Waals surface area (Å²) >= 11 is 3.40. The number of benzene rings is 2. The Balaban J connectivity index is 0.000000468. The summed E-state index contributed by atoms with van der Waals surface area (Å²) in [6.45, 7) is 0.404. The fraction of sp³-hybridized carbons (Fsp3) is 0.0385. The van der Waals surface area contributed by atoms with Crippen molar-refractivity contribution in [2.75, 3.05) is 0 Å². The SMILES string of the molecule is O=C(/C=C/[c-]1[c-][c-][c-][c-]1)c1cc(Br)ccc1OCc1ccccc1.[Fe].[c-]1[c-][c-][cH-][c-]1. The Morgan fingerprint density at radius 1 is 1.03 bits per heavy atom. The quantitative estimate of drug-likeness (QED) is 0.155. The van der Waals surface area contributed by atoms with Crippen LogP contribution in [-0.4, -0.2) is 5.78 Å². The van der Waals surface area contributed by atoms with E-state index in [1.165, 1.54) is 6.08 Å². The average molecular weight is 493 g/mol. The standard InChI is InChI=1S/C21H12BrO2.C5H.Fe/c22-18-11-13-21(24-15-17-8-2-1-3-9-17)19(14-18)20(23)12-10-16-6-4-5-7-16;1-2-4-5-3-1;/h1-3,8-14H,15H2;1H;/q2*-5;/b12-10+;;. The van der Waals surface area contributed by atoms with Gasteiger partial charge in [-0.1, -0.05) is 46.3 Å². The minimum atomic E-state index is -0.151. The molecule has 0 saturated carbocycles.